The van der Waals surface area contributed by atoms with Crippen LogP contribution in [-0.2, 0) is 20.9 Å². The average Bonchev–Trinajstić information content (AvgIpc) is 3.20. The summed E-state index contributed by atoms with van der Waals surface area (Å²) in [6, 6.07) is 7.13. The summed E-state index contributed by atoms with van der Waals surface area (Å²) in [5.41, 5.74) is -1.03. The second-order valence-corrected chi connectivity index (χ2v) is 10.2. The lowest BCUT2D eigenvalue weighted by Gasteiger charge is -2.32. The second kappa shape index (κ2) is 13.1. The number of hydrogen-bond donors (Lipinski definition) is 6. The molecule has 4 rings (SSSR count). The van der Waals surface area contributed by atoms with Gasteiger partial charge < -0.3 is 35.4 Å². The number of hydrogen-bond acceptors (Lipinski definition) is 9. The Bertz CT molecular complexity index is 1480. The quantitative estimate of drug-likeness (QED) is 0.206. The summed E-state index contributed by atoms with van der Waals surface area (Å²) in [7, 11) is 2.13. The molecule has 3 aromatic rings. The van der Waals surface area contributed by atoms with Crippen molar-refractivity contribution in [1.29, 1.82) is 0 Å². The Morgan fingerprint density at radius 3 is 2.15 bits per heavy atom. The number of rotatable bonds is 9. The number of piperazine rings is 1. The average molecular weight is 594 g/mol. The fourth-order valence-electron chi connectivity index (χ4n) is 4.43. The number of aliphatic carboxylic acids is 3. The van der Waals surface area contributed by atoms with Crippen LogP contribution in [0.1, 0.15) is 18.5 Å². The van der Waals surface area contributed by atoms with Crippen molar-refractivity contribution in [3.63, 3.8) is 0 Å². The van der Waals surface area contributed by atoms with Gasteiger partial charge in [0.1, 0.15) is 5.65 Å². The Labute approximate surface area is 239 Å². The number of likely N-dealkylation sites (N-methyl/N-ethyl adjacent to an activating group) is 1. The first-order valence-corrected chi connectivity index (χ1v) is 13.0. The first-order chi connectivity index (χ1) is 19.2. The zero-order valence-electron chi connectivity index (χ0n) is 22.5. The minimum atomic E-state index is -2.74. The molecule has 0 amide bonds. The zero-order valence-corrected chi connectivity index (χ0v) is 23.3. The standard InChI is InChI=1S/C20H24ClN5O2.C6H8O7/c1-13-16-18(27)19(28)17(14-5-3-4-6-15(14)21)22-20(16)26(23-13)12-11-25-9-7-24(2)8-10-25;7-3(8)1-6(13,5(11)12)2-4(9)10/h3-6,28H,7-12H2,1-2H3,(H,22,27);13H,1-2H2,(H,7,8)(H,9,10)(H,11,12). The molecule has 1 saturated heterocycles. The third kappa shape index (κ3) is 7.61. The maximum Gasteiger partial charge on any atom is 0.336 e. The van der Waals surface area contributed by atoms with Crippen molar-refractivity contribution in [2.75, 3.05) is 39.8 Å². The fraction of sp³-hybridized carbons (Fsp3) is 0.423. The monoisotopic (exact) mass is 593 g/mol. The van der Waals surface area contributed by atoms with Gasteiger partial charge in [-0.2, -0.15) is 5.10 Å². The number of aliphatic hydroxyl groups is 1. The number of carboxylic acids is 3. The van der Waals surface area contributed by atoms with Gasteiger partial charge in [-0.05, 0) is 20.0 Å². The van der Waals surface area contributed by atoms with Crippen molar-refractivity contribution in [3.8, 4) is 17.0 Å². The number of aromatic amines is 1. The Kier molecular flexibility index (Phi) is 10.1. The molecule has 0 saturated carbocycles. The fourth-order valence-corrected chi connectivity index (χ4v) is 4.66. The van der Waals surface area contributed by atoms with E-state index in [-0.39, 0.29) is 5.75 Å². The van der Waals surface area contributed by atoms with Gasteiger partial charge in [0.15, 0.2) is 11.4 Å². The lowest BCUT2D eigenvalue weighted by Crippen LogP contribution is -2.45. The van der Waals surface area contributed by atoms with E-state index in [0.29, 0.717) is 39.6 Å². The molecule has 1 fully saturated rings. The first kappa shape index (κ1) is 31.5. The highest BCUT2D eigenvalue weighted by atomic mass is 35.5. The molecule has 3 heterocycles. The number of aryl methyl sites for hydroxylation is 1. The largest absolute Gasteiger partial charge is 0.503 e. The number of carbonyl (C=O) groups is 3. The highest BCUT2D eigenvalue weighted by Crippen LogP contribution is 2.32. The number of halogens is 1. The Morgan fingerprint density at radius 2 is 1.61 bits per heavy atom. The van der Waals surface area contributed by atoms with Crippen LogP contribution in [-0.4, -0.2) is 113 Å². The van der Waals surface area contributed by atoms with Gasteiger partial charge in [0.2, 0.25) is 5.43 Å². The third-order valence-electron chi connectivity index (χ3n) is 6.70. The van der Waals surface area contributed by atoms with Crippen molar-refractivity contribution in [2.45, 2.75) is 31.9 Å². The maximum absolute atomic E-state index is 12.8. The van der Waals surface area contributed by atoms with E-state index in [2.05, 4.69) is 26.9 Å². The summed E-state index contributed by atoms with van der Waals surface area (Å²) in [6.07, 6.45) is -2.29. The van der Waals surface area contributed by atoms with E-state index in [1.165, 1.54) is 0 Å². The van der Waals surface area contributed by atoms with Crippen LogP contribution < -0.4 is 5.43 Å². The van der Waals surface area contributed by atoms with Crippen molar-refractivity contribution in [1.82, 2.24) is 24.6 Å². The van der Waals surface area contributed by atoms with Crippen LogP contribution in [0.2, 0.25) is 5.02 Å². The summed E-state index contributed by atoms with van der Waals surface area (Å²) < 4.78 is 1.82. The maximum atomic E-state index is 12.8. The summed E-state index contributed by atoms with van der Waals surface area (Å²) in [6.45, 7) is 7.47. The molecule has 1 aliphatic rings. The first-order valence-electron chi connectivity index (χ1n) is 12.6. The minimum absolute atomic E-state index is 0.323. The molecule has 6 N–H and O–H groups in total. The van der Waals surface area contributed by atoms with E-state index in [0.717, 1.165) is 32.7 Å². The van der Waals surface area contributed by atoms with Crippen LogP contribution in [0.4, 0.5) is 0 Å². The third-order valence-corrected chi connectivity index (χ3v) is 7.03. The lowest BCUT2D eigenvalue weighted by atomic mass is 9.96. The molecule has 0 aliphatic carbocycles. The van der Waals surface area contributed by atoms with Crippen LogP contribution in [0.15, 0.2) is 29.1 Å². The van der Waals surface area contributed by atoms with Gasteiger partial charge in [-0.25, -0.2) is 9.48 Å². The number of fused-ring (bicyclic) bond motifs is 1. The number of aromatic hydroxyl groups is 1. The van der Waals surface area contributed by atoms with Gasteiger partial charge in [0.25, 0.3) is 0 Å². The summed E-state index contributed by atoms with van der Waals surface area (Å²) in [5, 5.41) is 49.8. The van der Waals surface area contributed by atoms with Gasteiger partial charge in [0.05, 0.1) is 41.2 Å². The van der Waals surface area contributed by atoms with Crippen LogP contribution in [0.25, 0.3) is 22.3 Å². The van der Waals surface area contributed by atoms with Crippen LogP contribution in [0, 0.1) is 6.92 Å². The molecule has 0 bridgehead atoms. The van der Waals surface area contributed by atoms with Gasteiger partial charge in [-0.15, -0.1) is 0 Å². The van der Waals surface area contributed by atoms with Gasteiger partial charge in [0, 0.05) is 38.3 Å². The number of aromatic nitrogens is 3. The molecular weight excluding hydrogens is 562 g/mol. The van der Waals surface area contributed by atoms with E-state index in [1.54, 1.807) is 19.1 Å². The second-order valence-electron chi connectivity index (χ2n) is 9.81. The molecule has 2 aromatic heterocycles. The van der Waals surface area contributed by atoms with Crippen LogP contribution >= 0.6 is 11.6 Å². The smallest absolute Gasteiger partial charge is 0.336 e. The highest BCUT2D eigenvalue weighted by Gasteiger charge is 2.40. The van der Waals surface area contributed by atoms with Gasteiger partial charge in [-0.1, -0.05) is 29.8 Å². The summed E-state index contributed by atoms with van der Waals surface area (Å²) in [5.74, 6) is -5.35. The lowest BCUT2D eigenvalue weighted by molar-refractivity contribution is -0.170. The molecular formula is C26H32ClN5O9. The molecule has 0 atom stereocenters. The van der Waals surface area contributed by atoms with Gasteiger partial charge in [-0.3, -0.25) is 19.3 Å². The number of nitrogens with zero attached hydrogens (tertiary/aromatic N) is 4. The summed E-state index contributed by atoms with van der Waals surface area (Å²) >= 11 is 6.29. The highest BCUT2D eigenvalue weighted by molar-refractivity contribution is 6.33. The van der Waals surface area contributed by atoms with E-state index in [4.69, 9.17) is 32.0 Å². The Morgan fingerprint density at radius 1 is 1.02 bits per heavy atom. The molecule has 0 spiro atoms. The van der Waals surface area contributed by atoms with Gasteiger partial charge >= 0.3 is 17.9 Å². The van der Waals surface area contributed by atoms with Crippen molar-refractivity contribution in [2.24, 2.45) is 0 Å². The molecule has 1 aliphatic heterocycles. The number of pyridine rings is 1. The number of nitrogens with one attached hydrogen (secondary N) is 1. The molecule has 1 aromatic carbocycles. The van der Waals surface area contributed by atoms with E-state index in [9.17, 15) is 24.3 Å². The molecule has 15 heteroatoms. The predicted molar refractivity (Wildman–Crippen MR) is 148 cm³/mol. The van der Waals surface area contributed by atoms with Crippen LogP contribution in [0.5, 0.6) is 5.75 Å². The number of H-pyrrole nitrogens is 1. The normalized spacial score (nSPS) is 14.4. The molecule has 222 valence electrons. The van der Waals surface area contributed by atoms with E-state index >= 15 is 0 Å². The SMILES string of the molecule is Cc1nn(CCN2CCN(C)CC2)c2[nH]c(-c3ccccc3Cl)c(O)c(=O)c12.O=C(O)CC(O)(CC(=O)O)C(=O)O. The van der Waals surface area contributed by atoms with Crippen molar-refractivity contribution >= 4 is 40.5 Å². The minimum Gasteiger partial charge on any atom is -0.503 e. The zero-order chi connectivity index (χ0) is 30.5. The van der Waals surface area contributed by atoms with E-state index < -0.39 is 41.8 Å². The summed E-state index contributed by atoms with van der Waals surface area (Å²) in [4.78, 5) is 51.2. The predicted octanol–water partition coefficient (Wildman–Crippen LogP) is 1.06. The molecule has 0 unspecified atom stereocenters. The topological polar surface area (TPSA) is 210 Å². The van der Waals surface area contributed by atoms with Crippen LogP contribution in [0.3, 0.4) is 0 Å². The molecule has 14 nitrogen and oxygen atoms in total. The Balaban J connectivity index is 0.000000302. The van der Waals surface area contributed by atoms with Crippen molar-refractivity contribution in [3.05, 3.63) is 45.2 Å². The molecule has 0 radical (unpaired) electrons. The number of benzene rings is 1. The number of carboxylic acid groups (broad SMARTS) is 3. The van der Waals surface area contributed by atoms with E-state index in [1.807, 2.05) is 16.8 Å². The molecule has 41 heavy (non-hydrogen) atoms. The van der Waals surface area contributed by atoms with Crippen molar-refractivity contribution < 1.29 is 39.9 Å². The Hall–Kier alpha value is -3.98.